The second-order valence-corrected chi connectivity index (χ2v) is 4.09. The summed E-state index contributed by atoms with van der Waals surface area (Å²) in [6.45, 7) is 6.33. The predicted molar refractivity (Wildman–Crippen MR) is 58.7 cm³/mol. The molecule has 0 saturated carbocycles. The summed E-state index contributed by atoms with van der Waals surface area (Å²) in [6.07, 6.45) is 0. The molecular weight excluding hydrogens is 178 g/mol. The van der Waals surface area contributed by atoms with Gasteiger partial charge in [0, 0.05) is 45.9 Å². The van der Waals surface area contributed by atoms with E-state index in [1.54, 1.807) is 7.11 Å². The van der Waals surface area contributed by atoms with Gasteiger partial charge in [-0.05, 0) is 14.1 Å². The van der Waals surface area contributed by atoms with E-state index in [2.05, 4.69) is 29.2 Å². The van der Waals surface area contributed by atoms with E-state index in [4.69, 9.17) is 4.74 Å². The molecule has 84 valence electrons. The van der Waals surface area contributed by atoms with Crippen LogP contribution in [0.1, 0.15) is 0 Å². The van der Waals surface area contributed by atoms with Crippen LogP contribution in [0.2, 0.25) is 0 Å². The van der Waals surface area contributed by atoms with E-state index in [-0.39, 0.29) is 0 Å². The molecule has 0 aliphatic carbocycles. The van der Waals surface area contributed by atoms with Crippen molar-refractivity contribution in [1.82, 2.24) is 15.1 Å². The lowest BCUT2D eigenvalue weighted by atomic mass is 10.2. The molecule has 0 bridgehead atoms. The Morgan fingerprint density at radius 3 is 2.86 bits per heavy atom. The fourth-order valence-electron chi connectivity index (χ4n) is 1.76. The maximum absolute atomic E-state index is 4.99. The Morgan fingerprint density at radius 2 is 2.14 bits per heavy atom. The first-order chi connectivity index (χ1) is 6.74. The minimum atomic E-state index is 0.644. The summed E-state index contributed by atoms with van der Waals surface area (Å²) in [5.41, 5.74) is 0. The Hall–Kier alpha value is -0.160. The number of nitrogens with one attached hydrogen (secondary N) is 1. The number of hydrogen-bond acceptors (Lipinski definition) is 4. The van der Waals surface area contributed by atoms with Gasteiger partial charge in [0.05, 0.1) is 6.61 Å². The minimum absolute atomic E-state index is 0.644. The van der Waals surface area contributed by atoms with Gasteiger partial charge in [-0.25, -0.2) is 0 Å². The molecule has 4 heteroatoms. The second kappa shape index (κ2) is 6.35. The number of piperazine rings is 1. The number of ether oxygens (including phenoxy) is 1. The molecule has 1 heterocycles. The van der Waals surface area contributed by atoms with Crippen LogP contribution < -0.4 is 5.32 Å². The monoisotopic (exact) mass is 201 g/mol. The molecule has 1 aliphatic rings. The molecule has 1 rings (SSSR count). The lowest BCUT2D eigenvalue weighted by molar-refractivity contribution is 0.111. The van der Waals surface area contributed by atoms with Gasteiger partial charge in [0.1, 0.15) is 0 Å². The Balaban J connectivity index is 2.14. The molecule has 1 saturated heterocycles. The summed E-state index contributed by atoms with van der Waals surface area (Å²) in [5, 5.41) is 3.41. The molecule has 0 radical (unpaired) electrons. The van der Waals surface area contributed by atoms with Gasteiger partial charge in [0.2, 0.25) is 0 Å². The zero-order chi connectivity index (χ0) is 10.4. The van der Waals surface area contributed by atoms with Gasteiger partial charge in [-0.15, -0.1) is 0 Å². The van der Waals surface area contributed by atoms with Crippen molar-refractivity contribution in [2.45, 2.75) is 6.04 Å². The molecular formula is C10H23N3O. The first-order valence-corrected chi connectivity index (χ1v) is 5.32. The molecule has 0 spiro atoms. The molecule has 0 aromatic heterocycles. The van der Waals surface area contributed by atoms with E-state index < -0.39 is 0 Å². The van der Waals surface area contributed by atoms with E-state index in [0.29, 0.717) is 6.04 Å². The molecule has 4 nitrogen and oxygen atoms in total. The van der Waals surface area contributed by atoms with Crippen LogP contribution in [0.15, 0.2) is 0 Å². The highest BCUT2D eigenvalue weighted by Gasteiger charge is 2.21. The third-order valence-electron chi connectivity index (χ3n) is 2.84. The lowest BCUT2D eigenvalue weighted by Crippen LogP contribution is -2.53. The van der Waals surface area contributed by atoms with Gasteiger partial charge in [0.25, 0.3) is 0 Å². The maximum Gasteiger partial charge on any atom is 0.0587 e. The van der Waals surface area contributed by atoms with Gasteiger partial charge in [-0.1, -0.05) is 0 Å². The summed E-state index contributed by atoms with van der Waals surface area (Å²) in [6, 6.07) is 0.644. The van der Waals surface area contributed by atoms with Crippen LogP contribution in [0.5, 0.6) is 0 Å². The smallest absolute Gasteiger partial charge is 0.0587 e. The summed E-state index contributed by atoms with van der Waals surface area (Å²) < 4.78 is 4.99. The van der Waals surface area contributed by atoms with Gasteiger partial charge < -0.3 is 15.0 Å². The van der Waals surface area contributed by atoms with Crippen LogP contribution in [-0.2, 0) is 4.74 Å². The molecule has 0 amide bonds. The number of hydrogen-bond donors (Lipinski definition) is 1. The normalized spacial score (nSPS) is 25.5. The van der Waals surface area contributed by atoms with Crippen molar-refractivity contribution in [3.63, 3.8) is 0 Å². The summed E-state index contributed by atoms with van der Waals surface area (Å²) in [4.78, 5) is 4.82. The van der Waals surface area contributed by atoms with Crippen molar-refractivity contribution < 1.29 is 4.74 Å². The number of rotatable bonds is 5. The molecule has 1 N–H and O–H groups in total. The largest absolute Gasteiger partial charge is 0.383 e. The standard InChI is InChI=1S/C10H23N3O/c1-12-5-6-13(2)10(9-12)8-11-4-7-14-3/h10-11H,4-9H2,1-3H3. The first kappa shape index (κ1) is 11.9. The second-order valence-electron chi connectivity index (χ2n) is 4.09. The highest BCUT2D eigenvalue weighted by molar-refractivity contribution is 4.79. The quantitative estimate of drug-likeness (QED) is 0.605. The van der Waals surface area contributed by atoms with Crippen molar-refractivity contribution in [3.05, 3.63) is 0 Å². The first-order valence-electron chi connectivity index (χ1n) is 5.32. The van der Waals surface area contributed by atoms with E-state index in [1.165, 1.54) is 13.1 Å². The van der Waals surface area contributed by atoms with Gasteiger partial charge in [-0.3, -0.25) is 4.90 Å². The Bertz CT molecular complexity index is 154. The van der Waals surface area contributed by atoms with Crippen molar-refractivity contribution in [2.24, 2.45) is 0 Å². The summed E-state index contributed by atoms with van der Waals surface area (Å²) in [5.74, 6) is 0. The number of nitrogens with zero attached hydrogens (tertiary/aromatic N) is 2. The van der Waals surface area contributed by atoms with Crippen molar-refractivity contribution >= 4 is 0 Å². The predicted octanol–water partition coefficient (Wildman–Crippen LogP) is -0.532. The average molecular weight is 201 g/mol. The number of methoxy groups -OCH3 is 1. The van der Waals surface area contributed by atoms with Crippen molar-refractivity contribution in [3.8, 4) is 0 Å². The third-order valence-corrected chi connectivity index (χ3v) is 2.84. The van der Waals surface area contributed by atoms with Gasteiger partial charge in [-0.2, -0.15) is 0 Å². The fourth-order valence-corrected chi connectivity index (χ4v) is 1.76. The van der Waals surface area contributed by atoms with Crippen molar-refractivity contribution in [1.29, 1.82) is 0 Å². The third kappa shape index (κ3) is 3.92. The summed E-state index contributed by atoms with van der Waals surface area (Å²) in [7, 11) is 6.13. The Kier molecular flexibility index (Phi) is 5.40. The average Bonchev–Trinajstić information content (AvgIpc) is 2.18. The van der Waals surface area contributed by atoms with Crippen LogP contribution in [-0.4, -0.2) is 76.4 Å². The molecule has 0 aromatic carbocycles. The van der Waals surface area contributed by atoms with Crippen LogP contribution in [0, 0.1) is 0 Å². The zero-order valence-corrected chi connectivity index (χ0v) is 9.62. The fraction of sp³-hybridized carbons (Fsp3) is 1.00. The van der Waals surface area contributed by atoms with Crippen molar-refractivity contribution in [2.75, 3.05) is 60.5 Å². The van der Waals surface area contributed by atoms with E-state index in [1.807, 2.05) is 0 Å². The van der Waals surface area contributed by atoms with Crippen LogP contribution in [0.4, 0.5) is 0 Å². The van der Waals surface area contributed by atoms with Gasteiger partial charge in [0.15, 0.2) is 0 Å². The van der Waals surface area contributed by atoms with E-state index in [0.717, 1.165) is 26.2 Å². The molecule has 1 fully saturated rings. The number of likely N-dealkylation sites (N-methyl/N-ethyl adjacent to an activating group) is 2. The van der Waals surface area contributed by atoms with E-state index in [9.17, 15) is 0 Å². The Labute approximate surface area is 87.2 Å². The highest BCUT2D eigenvalue weighted by Crippen LogP contribution is 2.04. The maximum atomic E-state index is 4.99. The van der Waals surface area contributed by atoms with E-state index >= 15 is 0 Å². The SMILES string of the molecule is COCCNCC1CN(C)CCN1C. The molecule has 0 aromatic rings. The highest BCUT2D eigenvalue weighted by atomic mass is 16.5. The van der Waals surface area contributed by atoms with Crippen LogP contribution >= 0.6 is 0 Å². The topological polar surface area (TPSA) is 27.7 Å². The summed E-state index contributed by atoms with van der Waals surface area (Å²) >= 11 is 0. The molecule has 1 atom stereocenters. The van der Waals surface area contributed by atoms with Crippen LogP contribution in [0.25, 0.3) is 0 Å². The molecule has 1 aliphatic heterocycles. The zero-order valence-electron chi connectivity index (χ0n) is 9.62. The lowest BCUT2D eigenvalue weighted by Gasteiger charge is -2.37. The molecule has 14 heavy (non-hydrogen) atoms. The van der Waals surface area contributed by atoms with Crippen LogP contribution in [0.3, 0.4) is 0 Å². The molecule has 1 unspecified atom stereocenters. The Morgan fingerprint density at radius 1 is 1.36 bits per heavy atom. The minimum Gasteiger partial charge on any atom is -0.383 e. The van der Waals surface area contributed by atoms with Gasteiger partial charge >= 0.3 is 0 Å².